The molecule has 1 aliphatic rings. The van der Waals surface area contributed by atoms with Gasteiger partial charge in [-0.05, 0) is 23.8 Å². The van der Waals surface area contributed by atoms with Crippen LogP contribution in [0.1, 0.15) is 30.6 Å². The van der Waals surface area contributed by atoms with Gasteiger partial charge in [0.2, 0.25) is 0 Å². The molecule has 1 aromatic carbocycles. The number of benzene rings is 1. The Bertz CT molecular complexity index is 507. The molecule has 1 aliphatic carbocycles. The number of nitro groups is 1. The Hall–Kier alpha value is -2.11. The number of carboxylic acid groups (broad SMARTS) is 1. The third-order valence-corrected chi connectivity index (χ3v) is 3.71. The highest BCUT2D eigenvalue weighted by atomic mass is 16.6. The van der Waals surface area contributed by atoms with E-state index in [1.54, 1.807) is 0 Å². The first-order valence-electron chi connectivity index (χ1n) is 6.07. The average Bonchev–Trinajstić information content (AvgIpc) is 2.93. The molecule has 0 radical (unpaired) electrons. The number of para-hydroxylation sites is 1. The van der Waals surface area contributed by atoms with Gasteiger partial charge in [0, 0.05) is 12.6 Å². The number of nitrogens with zero attached hydrogens (tertiary/aromatic N) is 1. The summed E-state index contributed by atoms with van der Waals surface area (Å²) in [6.45, 7) is 4.80. The van der Waals surface area contributed by atoms with Gasteiger partial charge in [0.1, 0.15) is 5.69 Å². The molecule has 2 rings (SSSR count). The van der Waals surface area contributed by atoms with E-state index in [9.17, 15) is 14.9 Å². The zero-order valence-electron chi connectivity index (χ0n) is 10.8. The summed E-state index contributed by atoms with van der Waals surface area (Å²) in [6.07, 6.45) is 1.04. The van der Waals surface area contributed by atoms with E-state index in [2.05, 4.69) is 19.2 Å². The second kappa shape index (κ2) is 4.53. The normalized spacial score (nSPS) is 19.8. The number of hydrogen-bond donors (Lipinski definition) is 2. The predicted octanol–water partition coefficient (Wildman–Crippen LogP) is 2.75. The Balaban J connectivity index is 2.25. The zero-order valence-corrected chi connectivity index (χ0v) is 10.8. The van der Waals surface area contributed by atoms with Gasteiger partial charge in [0.05, 0.1) is 10.5 Å². The fourth-order valence-corrected chi connectivity index (χ4v) is 2.21. The van der Waals surface area contributed by atoms with E-state index >= 15 is 0 Å². The smallest absolute Gasteiger partial charge is 0.338 e. The third kappa shape index (κ3) is 2.67. The summed E-state index contributed by atoms with van der Waals surface area (Å²) in [7, 11) is 0. The van der Waals surface area contributed by atoms with E-state index in [0.717, 1.165) is 6.42 Å². The minimum Gasteiger partial charge on any atom is -0.478 e. The maximum absolute atomic E-state index is 11.1. The quantitative estimate of drug-likeness (QED) is 0.630. The van der Waals surface area contributed by atoms with Gasteiger partial charge >= 0.3 is 5.97 Å². The van der Waals surface area contributed by atoms with Crippen LogP contribution in [0.4, 0.5) is 11.4 Å². The topological polar surface area (TPSA) is 92.5 Å². The Kier molecular flexibility index (Phi) is 3.18. The molecule has 0 amide bonds. The van der Waals surface area contributed by atoms with Crippen LogP contribution >= 0.6 is 0 Å². The lowest BCUT2D eigenvalue weighted by Gasteiger charge is -2.10. The van der Waals surface area contributed by atoms with Crippen LogP contribution in [0.3, 0.4) is 0 Å². The minimum absolute atomic E-state index is 0.0624. The molecule has 0 bridgehead atoms. The Morgan fingerprint density at radius 3 is 2.68 bits per heavy atom. The Labute approximate surface area is 110 Å². The van der Waals surface area contributed by atoms with E-state index in [0.29, 0.717) is 12.5 Å². The van der Waals surface area contributed by atoms with Gasteiger partial charge < -0.3 is 10.4 Å². The number of carbonyl (C=O) groups is 1. The Morgan fingerprint density at radius 2 is 2.21 bits per heavy atom. The summed E-state index contributed by atoms with van der Waals surface area (Å²) in [5.41, 5.74) is 0.0775. The number of rotatable bonds is 5. The molecule has 1 fully saturated rings. The summed E-state index contributed by atoms with van der Waals surface area (Å²) >= 11 is 0. The van der Waals surface area contributed by atoms with Crippen LogP contribution in [0.5, 0.6) is 0 Å². The number of anilines is 1. The van der Waals surface area contributed by atoms with E-state index in [4.69, 9.17) is 5.11 Å². The molecule has 19 heavy (non-hydrogen) atoms. The molecule has 1 saturated carbocycles. The van der Waals surface area contributed by atoms with Crippen LogP contribution in [0.25, 0.3) is 0 Å². The third-order valence-electron chi connectivity index (χ3n) is 3.71. The van der Waals surface area contributed by atoms with Crippen molar-refractivity contribution in [3.05, 3.63) is 33.9 Å². The molecule has 0 aromatic heterocycles. The first-order chi connectivity index (χ1) is 8.83. The van der Waals surface area contributed by atoms with E-state index < -0.39 is 10.9 Å². The summed E-state index contributed by atoms with van der Waals surface area (Å²) in [6, 6.07) is 4.07. The second-order valence-electron chi connectivity index (χ2n) is 5.53. The van der Waals surface area contributed by atoms with Crippen LogP contribution in [0.2, 0.25) is 0 Å². The molecule has 0 saturated heterocycles. The fourth-order valence-electron chi connectivity index (χ4n) is 2.21. The molecule has 2 N–H and O–H groups in total. The lowest BCUT2D eigenvalue weighted by molar-refractivity contribution is -0.384. The van der Waals surface area contributed by atoms with Gasteiger partial charge in [0.25, 0.3) is 5.69 Å². The van der Waals surface area contributed by atoms with E-state index in [1.807, 2.05) is 0 Å². The highest BCUT2D eigenvalue weighted by molar-refractivity contribution is 5.96. The number of nitro benzene ring substituents is 1. The molecule has 1 aromatic rings. The van der Waals surface area contributed by atoms with Crippen molar-refractivity contribution in [3.8, 4) is 0 Å². The summed E-state index contributed by atoms with van der Waals surface area (Å²) < 4.78 is 0. The van der Waals surface area contributed by atoms with Crippen molar-refractivity contribution < 1.29 is 14.8 Å². The van der Waals surface area contributed by atoms with Crippen molar-refractivity contribution in [3.63, 3.8) is 0 Å². The van der Waals surface area contributed by atoms with Gasteiger partial charge in [-0.15, -0.1) is 0 Å². The molecule has 0 heterocycles. The molecule has 1 atom stereocenters. The summed E-state index contributed by atoms with van der Waals surface area (Å²) in [5, 5.41) is 23.0. The van der Waals surface area contributed by atoms with Crippen molar-refractivity contribution in [2.24, 2.45) is 11.3 Å². The van der Waals surface area contributed by atoms with E-state index in [-0.39, 0.29) is 22.4 Å². The van der Waals surface area contributed by atoms with Crippen molar-refractivity contribution in [1.82, 2.24) is 0 Å². The SMILES string of the molecule is CC1(C)CC1CNc1c(C(=O)O)cccc1[N+](=O)[O-]. The first kappa shape index (κ1) is 13.3. The van der Waals surface area contributed by atoms with Crippen molar-refractivity contribution in [2.45, 2.75) is 20.3 Å². The van der Waals surface area contributed by atoms with Gasteiger partial charge in [-0.2, -0.15) is 0 Å². The van der Waals surface area contributed by atoms with Crippen molar-refractivity contribution in [2.75, 3.05) is 11.9 Å². The van der Waals surface area contributed by atoms with Crippen LogP contribution < -0.4 is 5.32 Å². The molecule has 6 nitrogen and oxygen atoms in total. The second-order valence-corrected chi connectivity index (χ2v) is 5.53. The van der Waals surface area contributed by atoms with Crippen molar-refractivity contribution in [1.29, 1.82) is 0 Å². The molecular weight excluding hydrogens is 248 g/mol. The standard InChI is InChI=1S/C13H16N2O4/c1-13(2)6-8(13)7-14-11-9(12(16)17)4-3-5-10(11)15(18)19/h3-5,8,14H,6-7H2,1-2H3,(H,16,17). The lowest BCUT2D eigenvalue weighted by atomic mass is 10.1. The molecular formula is C13H16N2O4. The number of nitrogens with one attached hydrogen (secondary N) is 1. The summed E-state index contributed by atoms with van der Waals surface area (Å²) in [4.78, 5) is 21.5. The van der Waals surface area contributed by atoms with Crippen LogP contribution in [0.15, 0.2) is 18.2 Å². The van der Waals surface area contributed by atoms with Gasteiger partial charge in [-0.25, -0.2) is 4.79 Å². The largest absolute Gasteiger partial charge is 0.478 e. The zero-order chi connectivity index (χ0) is 14.2. The molecule has 1 unspecified atom stereocenters. The molecule has 6 heteroatoms. The van der Waals surface area contributed by atoms with Gasteiger partial charge in [0.15, 0.2) is 0 Å². The van der Waals surface area contributed by atoms with Gasteiger partial charge in [-0.1, -0.05) is 19.9 Å². The molecule has 0 aliphatic heterocycles. The first-order valence-corrected chi connectivity index (χ1v) is 6.07. The van der Waals surface area contributed by atoms with Gasteiger partial charge in [-0.3, -0.25) is 10.1 Å². The summed E-state index contributed by atoms with van der Waals surface area (Å²) in [5.74, 6) is -0.741. The fraction of sp³-hybridized carbons (Fsp3) is 0.462. The number of carboxylic acids is 1. The highest BCUT2D eigenvalue weighted by Crippen LogP contribution is 2.51. The van der Waals surface area contributed by atoms with Crippen LogP contribution in [-0.2, 0) is 0 Å². The maximum Gasteiger partial charge on any atom is 0.338 e. The van der Waals surface area contributed by atoms with E-state index in [1.165, 1.54) is 18.2 Å². The highest BCUT2D eigenvalue weighted by Gasteiger charge is 2.45. The average molecular weight is 264 g/mol. The van der Waals surface area contributed by atoms with Crippen LogP contribution in [-0.4, -0.2) is 22.5 Å². The minimum atomic E-state index is -1.17. The molecule has 0 spiro atoms. The number of hydrogen-bond acceptors (Lipinski definition) is 4. The predicted molar refractivity (Wildman–Crippen MR) is 70.4 cm³/mol. The lowest BCUT2D eigenvalue weighted by Crippen LogP contribution is -2.12. The van der Waals surface area contributed by atoms with Crippen molar-refractivity contribution >= 4 is 17.3 Å². The maximum atomic E-state index is 11.1. The molecule has 102 valence electrons. The number of aromatic carboxylic acids is 1. The van der Waals surface area contributed by atoms with Crippen LogP contribution in [0, 0.1) is 21.4 Å². The monoisotopic (exact) mass is 264 g/mol. The Morgan fingerprint density at radius 1 is 1.58 bits per heavy atom.